The maximum absolute atomic E-state index is 13.0. The zero-order valence-electron chi connectivity index (χ0n) is 17.6. The minimum absolute atomic E-state index is 0.259. The summed E-state index contributed by atoms with van der Waals surface area (Å²) in [6.45, 7) is 7.91. The van der Waals surface area contributed by atoms with Gasteiger partial charge in [0, 0.05) is 48.9 Å². The number of hydrogen-bond acceptors (Lipinski definition) is 7. The molecule has 2 aliphatic heterocycles. The molecule has 1 N–H and O–H groups in total. The second kappa shape index (κ2) is 8.54. The molecule has 0 unspecified atom stereocenters. The molecule has 0 aliphatic carbocycles. The molecule has 1 atom stereocenters. The van der Waals surface area contributed by atoms with Gasteiger partial charge in [0.15, 0.2) is 0 Å². The lowest BCUT2D eigenvalue weighted by atomic mass is 10.1. The molecule has 9 nitrogen and oxygen atoms in total. The van der Waals surface area contributed by atoms with Crippen molar-refractivity contribution in [1.82, 2.24) is 23.6 Å². The Morgan fingerprint density at radius 3 is 2.30 bits per heavy atom. The van der Waals surface area contributed by atoms with Crippen LogP contribution in [0.3, 0.4) is 0 Å². The number of aryl methyl sites for hydroxylation is 3. The molecule has 0 spiro atoms. The molecule has 10 heteroatoms. The lowest BCUT2D eigenvalue weighted by Gasteiger charge is -2.34. The highest BCUT2D eigenvalue weighted by Crippen LogP contribution is 2.28. The van der Waals surface area contributed by atoms with Crippen LogP contribution in [0, 0.1) is 20.8 Å². The summed E-state index contributed by atoms with van der Waals surface area (Å²) in [6, 6.07) is 5.70. The van der Waals surface area contributed by atoms with E-state index in [2.05, 4.69) is 20.3 Å². The highest BCUT2D eigenvalue weighted by atomic mass is 32.2. The lowest BCUT2D eigenvalue weighted by Crippen LogP contribution is -2.48. The Hall–Kier alpha value is -2.14. The van der Waals surface area contributed by atoms with Crippen molar-refractivity contribution >= 4 is 21.8 Å². The average Bonchev–Trinajstić information content (AvgIpc) is 3.22. The van der Waals surface area contributed by atoms with Crippen LogP contribution in [0.5, 0.6) is 0 Å². The fourth-order valence-electron chi connectivity index (χ4n) is 3.94. The summed E-state index contributed by atoms with van der Waals surface area (Å²) in [7, 11) is -3.46. The van der Waals surface area contributed by atoms with Gasteiger partial charge in [0.25, 0.3) is 10.2 Å². The zero-order chi connectivity index (χ0) is 21.3. The second-order valence-electron chi connectivity index (χ2n) is 7.85. The smallest absolute Gasteiger partial charge is 0.282 e. The highest BCUT2D eigenvalue weighted by molar-refractivity contribution is 7.86. The molecule has 162 valence electrons. The van der Waals surface area contributed by atoms with Crippen molar-refractivity contribution in [1.29, 1.82) is 0 Å². The van der Waals surface area contributed by atoms with Gasteiger partial charge in [0.05, 0.1) is 12.3 Å². The van der Waals surface area contributed by atoms with Crippen LogP contribution in [0.2, 0.25) is 0 Å². The first-order valence-electron chi connectivity index (χ1n) is 10.3. The number of anilines is 2. The Bertz CT molecular complexity index is 1000. The van der Waals surface area contributed by atoms with E-state index in [1.807, 2.05) is 39.0 Å². The Morgan fingerprint density at radius 2 is 1.60 bits per heavy atom. The van der Waals surface area contributed by atoms with E-state index in [0.29, 0.717) is 37.9 Å². The summed E-state index contributed by atoms with van der Waals surface area (Å²) in [6.07, 6.45) is 1.42. The van der Waals surface area contributed by atoms with E-state index < -0.39 is 16.3 Å². The van der Waals surface area contributed by atoms with Gasteiger partial charge in [-0.1, -0.05) is 0 Å². The minimum atomic E-state index is -3.46. The molecule has 30 heavy (non-hydrogen) atoms. The van der Waals surface area contributed by atoms with Crippen LogP contribution in [0.25, 0.3) is 0 Å². The summed E-state index contributed by atoms with van der Waals surface area (Å²) in [5.41, 5.74) is 4.07. The van der Waals surface area contributed by atoms with Gasteiger partial charge in [-0.2, -0.15) is 17.0 Å². The SMILES string of the molecule is Cc1cc(Nc2nc(C)cc(C)n2)cc([C@@H]2CN(S(=O)(=O)N3CCCC3)CCO2)n1. The predicted octanol–water partition coefficient (Wildman–Crippen LogP) is 2.25. The van der Waals surface area contributed by atoms with Crippen LogP contribution in [-0.2, 0) is 14.9 Å². The first-order chi connectivity index (χ1) is 14.3. The molecule has 0 bridgehead atoms. The monoisotopic (exact) mass is 432 g/mol. The molecule has 0 aromatic carbocycles. The normalized spacial score (nSPS) is 21.1. The molecule has 2 aromatic rings. The van der Waals surface area contributed by atoms with Gasteiger partial charge in [-0.3, -0.25) is 4.98 Å². The van der Waals surface area contributed by atoms with Crippen molar-refractivity contribution < 1.29 is 13.2 Å². The zero-order valence-corrected chi connectivity index (χ0v) is 18.4. The largest absolute Gasteiger partial charge is 0.369 e. The van der Waals surface area contributed by atoms with E-state index in [4.69, 9.17) is 4.74 Å². The van der Waals surface area contributed by atoms with Gasteiger partial charge in [0.2, 0.25) is 5.95 Å². The van der Waals surface area contributed by atoms with Crippen molar-refractivity contribution in [2.45, 2.75) is 39.7 Å². The van der Waals surface area contributed by atoms with E-state index in [9.17, 15) is 8.42 Å². The first kappa shape index (κ1) is 21.1. The van der Waals surface area contributed by atoms with Crippen molar-refractivity contribution in [3.8, 4) is 0 Å². The van der Waals surface area contributed by atoms with Crippen LogP contribution in [0.4, 0.5) is 11.6 Å². The first-order valence-corrected chi connectivity index (χ1v) is 11.7. The number of morpholine rings is 1. The molecule has 2 saturated heterocycles. The molecule has 4 heterocycles. The van der Waals surface area contributed by atoms with Crippen LogP contribution in [0.1, 0.15) is 41.7 Å². The number of hydrogen-bond donors (Lipinski definition) is 1. The summed E-state index contributed by atoms with van der Waals surface area (Å²) in [5.74, 6) is 0.520. The second-order valence-corrected chi connectivity index (χ2v) is 9.78. The van der Waals surface area contributed by atoms with Crippen molar-refractivity contribution in [3.63, 3.8) is 0 Å². The predicted molar refractivity (Wildman–Crippen MR) is 114 cm³/mol. The van der Waals surface area contributed by atoms with Gasteiger partial charge >= 0.3 is 0 Å². The Morgan fingerprint density at radius 1 is 0.933 bits per heavy atom. The number of aromatic nitrogens is 3. The van der Waals surface area contributed by atoms with Crippen molar-refractivity contribution in [3.05, 3.63) is 41.0 Å². The molecule has 4 rings (SSSR count). The standard InChI is InChI=1S/C20H28N6O3S/c1-14-10-15(2)23-20(22-14)24-17-11-16(3)21-18(12-17)19-13-26(8-9-29-19)30(27,28)25-6-4-5-7-25/h10-12,19H,4-9,13H2,1-3H3,(H,21,22,23,24)/t19-/m0/s1. The maximum Gasteiger partial charge on any atom is 0.282 e. The van der Waals surface area contributed by atoms with E-state index >= 15 is 0 Å². The number of rotatable bonds is 5. The molecular weight excluding hydrogens is 404 g/mol. The topological polar surface area (TPSA) is 101 Å². The number of nitrogens with zero attached hydrogens (tertiary/aromatic N) is 5. The fraction of sp³-hybridized carbons (Fsp3) is 0.550. The van der Waals surface area contributed by atoms with E-state index in [0.717, 1.165) is 35.6 Å². The molecular formula is C20H28N6O3S. The molecule has 0 radical (unpaired) electrons. The molecule has 2 aromatic heterocycles. The number of ether oxygens (including phenoxy) is 1. The van der Waals surface area contributed by atoms with Crippen molar-refractivity contribution in [2.24, 2.45) is 0 Å². The van der Waals surface area contributed by atoms with E-state index in [1.54, 1.807) is 4.31 Å². The third-order valence-electron chi connectivity index (χ3n) is 5.29. The maximum atomic E-state index is 13.0. The van der Waals surface area contributed by atoms with E-state index in [1.165, 1.54) is 4.31 Å². The Labute approximate surface area is 177 Å². The summed E-state index contributed by atoms with van der Waals surface area (Å²) >= 11 is 0. The van der Waals surface area contributed by atoms with Crippen LogP contribution in [0.15, 0.2) is 18.2 Å². The van der Waals surface area contributed by atoms with Gasteiger partial charge in [-0.15, -0.1) is 0 Å². The number of nitrogens with one attached hydrogen (secondary N) is 1. The van der Waals surface area contributed by atoms with Gasteiger partial charge in [-0.25, -0.2) is 9.97 Å². The number of pyridine rings is 1. The molecule has 0 saturated carbocycles. The van der Waals surface area contributed by atoms with Crippen LogP contribution >= 0.6 is 0 Å². The van der Waals surface area contributed by atoms with Gasteiger partial charge in [-0.05, 0) is 51.8 Å². The van der Waals surface area contributed by atoms with Crippen LogP contribution in [-0.4, -0.2) is 64.8 Å². The molecule has 2 fully saturated rings. The summed E-state index contributed by atoms with van der Waals surface area (Å²) in [5, 5.41) is 3.23. The average molecular weight is 433 g/mol. The van der Waals surface area contributed by atoms with Gasteiger partial charge in [0.1, 0.15) is 6.10 Å². The molecule has 0 amide bonds. The quantitative estimate of drug-likeness (QED) is 0.773. The van der Waals surface area contributed by atoms with Gasteiger partial charge < -0.3 is 10.1 Å². The Kier molecular flexibility index (Phi) is 6.01. The molecule has 2 aliphatic rings. The van der Waals surface area contributed by atoms with E-state index in [-0.39, 0.29) is 6.54 Å². The summed E-state index contributed by atoms with van der Waals surface area (Å²) < 4.78 is 34.9. The summed E-state index contributed by atoms with van der Waals surface area (Å²) in [4.78, 5) is 13.5. The minimum Gasteiger partial charge on any atom is -0.369 e. The lowest BCUT2D eigenvalue weighted by molar-refractivity contribution is -0.00649. The van der Waals surface area contributed by atoms with Crippen molar-refractivity contribution in [2.75, 3.05) is 38.1 Å². The fourth-order valence-corrected chi connectivity index (χ4v) is 5.61. The Balaban J connectivity index is 1.54. The third kappa shape index (κ3) is 4.61. The van der Waals surface area contributed by atoms with Crippen LogP contribution < -0.4 is 5.32 Å². The third-order valence-corrected chi connectivity index (χ3v) is 7.29. The highest BCUT2D eigenvalue weighted by Gasteiger charge is 2.36.